The third-order valence-electron chi connectivity index (χ3n) is 5.16. The molecular weight excluding hydrogens is 428 g/mol. The summed E-state index contributed by atoms with van der Waals surface area (Å²) in [6.07, 6.45) is 0. The number of pyridine rings is 1. The minimum Gasteiger partial charge on any atom is -0.493 e. The summed E-state index contributed by atoms with van der Waals surface area (Å²) in [6, 6.07) is 9.41. The summed E-state index contributed by atoms with van der Waals surface area (Å²) in [5, 5.41) is 10.2. The fourth-order valence-electron chi connectivity index (χ4n) is 3.69. The molecule has 0 fully saturated rings. The Morgan fingerprint density at radius 2 is 1.84 bits per heavy atom. The lowest BCUT2D eigenvalue weighted by atomic mass is 10.1. The summed E-state index contributed by atoms with van der Waals surface area (Å²) in [4.78, 5) is 19.0. The van der Waals surface area contributed by atoms with Gasteiger partial charge in [0.1, 0.15) is 0 Å². The highest BCUT2D eigenvalue weighted by Gasteiger charge is 2.20. The van der Waals surface area contributed by atoms with E-state index in [1.807, 2.05) is 49.7 Å². The molecule has 3 aromatic heterocycles. The van der Waals surface area contributed by atoms with Crippen LogP contribution in [0, 0.1) is 6.92 Å². The highest BCUT2D eigenvalue weighted by molar-refractivity contribution is 7.13. The number of nitrogens with zero attached hydrogens (tertiary/aromatic N) is 3. The highest BCUT2D eigenvalue weighted by atomic mass is 32.1. The van der Waals surface area contributed by atoms with E-state index in [1.165, 1.54) is 0 Å². The molecule has 0 aliphatic heterocycles. The fourth-order valence-corrected chi connectivity index (χ4v) is 4.38. The molecule has 1 aromatic carbocycles. The van der Waals surface area contributed by atoms with Crippen LogP contribution in [0.15, 0.2) is 35.7 Å². The number of thiophene rings is 1. The van der Waals surface area contributed by atoms with Crippen LogP contribution in [0.1, 0.15) is 21.6 Å². The van der Waals surface area contributed by atoms with Crippen LogP contribution in [0.3, 0.4) is 0 Å². The quantitative estimate of drug-likeness (QED) is 0.457. The van der Waals surface area contributed by atoms with Gasteiger partial charge in [0.15, 0.2) is 17.1 Å². The fraction of sp³-hybridized carbons (Fsp3) is 0.261. The van der Waals surface area contributed by atoms with Crippen molar-refractivity contribution in [2.24, 2.45) is 7.05 Å². The molecular formula is C23H24N4O4S. The molecule has 0 atom stereocenters. The highest BCUT2D eigenvalue weighted by Crippen LogP contribution is 2.38. The van der Waals surface area contributed by atoms with E-state index in [4.69, 9.17) is 19.2 Å². The van der Waals surface area contributed by atoms with Crippen LogP contribution >= 0.6 is 11.3 Å². The molecule has 0 aliphatic carbocycles. The van der Waals surface area contributed by atoms with Gasteiger partial charge in [-0.3, -0.25) is 9.48 Å². The van der Waals surface area contributed by atoms with Crippen LogP contribution in [-0.2, 0) is 13.6 Å². The number of ether oxygens (including phenoxy) is 3. The normalized spacial score (nSPS) is 10.9. The average molecular weight is 453 g/mol. The SMILES string of the molecule is COc1cc(CNC(=O)c2cc(-c3cccs3)nc3c2c(C)nn3C)cc(OC)c1OC. The summed E-state index contributed by atoms with van der Waals surface area (Å²) in [6.45, 7) is 2.16. The van der Waals surface area contributed by atoms with E-state index < -0.39 is 0 Å². The molecule has 0 saturated carbocycles. The van der Waals surface area contributed by atoms with Crippen molar-refractivity contribution in [1.82, 2.24) is 20.1 Å². The largest absolute Gasteiger partial charge is 0.493 e. The molecule has 4 aromatic rings. The van der Waals surface area contributed by atoms with Gasteiger partial charge in [0.2, 0.25) is 5.75 Å². The monoisotopic (exact) mass is 452 g/mol. The second-order valence-corrected chi connectivity index (χ2v) is 8.10. The van der Waals surface area contributed by atoms with Crippen LogP contribution in [0.2, 0.25) is 0 Å². The number of nitrogens with one attached hydrogen (secondary N) is 1. The minimum atomic E-state index is -0.208. The van der Waals surface area contributed by atoms with E-state index >= 15 is 0 Å². The standard InChI is InChI=1S/C23H24N4O4S/c1-13-20-15(11-16(19-7-6-8-32-19)25-22(20)27(2)26-13)23(28)24-12-14-9-17(29-3)21(31-5)18(10-14)30-4/h6-11H,12H2,1-5H3,(H,24,28). The molecule has 166 valence electrons. The number of fused-ring (bicyclic) bond motifs is 1. The number of rotatable bonds is 7. The maximum Gasteiger partial charge on any atom is 0.252 e. The number of methoxy groups -OCH3 is 3. The van der Waals surface area contributed by atoms with Gasteiger partial charge < -0.3 is 19.5 Å². The third-order valence-corrected chi connectivity index (χ3v) is 6.06. The molecule has 3 heterocycles. The first-order valence-electron chi connectivity index (χ1n) is 9.92. The number of aromatic nitrogens is 3. The van der Waals surface area contributed by atoms with E-state index in [0.29, 0.717) is 28.5 Å². The van der Waals surface area contributed by atoms with Crippen molar-refractivity contribution in [3.63, 3.8) is 0 Å². The zero-order valence-electron chi connectivity index (χ0n) is 18.6. The van der Waals surface area contributed by atoms with Gasteiger partial charge >= 0.3 is 0 Å². The Balaban J connectivity index is 1.69. The van der Waals surface area contributed by atoms with Gasteiger partial charge in [-0.25, -0.2) is 4.98 Å². The molecule has 0 aliphatic rings. The molecule has 0 unspecified atom stereocenters. The molecule has 32 heavy (non-hydrogen) atoms. The van der Waals surface area contributed by atoms with Gasteiger partial charge in [-0.1, -0.05) is 6.07 Å². The van der Waals surface area contributed by atoms with Gasteiger partial charge in [-0.2, -0.15) is 5.10 Å². The number of benzene rings is 1. The Hall–Kier alpha value is -3.59. The first-order valence-corrected chi connectivity index (χ1v) is 10.8. The van der Waals surface area contributed by atoms with Crippen molar-refractivity contribution in [2.45, 2.75) is 13.5 Å². The number of carbonyl (C=O) groups excluding carboxylic acids is 1. The van der Waals surface area contributed by atoms with Crippen LogP contribution in [-0.4, -0.2) is 42.0 Å². The average Bonchev–Trinajstić information content (AvgIpc) is 3.44. The maximum atomic E-state index is 13.3. The van der Waals surface area contributed by atoms with Gasteiger partial charge in [0, 0.05) is 13.6 Å². The van der Waals surface area contributed by atoms with E-state index in [9.17, 15) is 4.79 Å². The van der Waals surface area contributed by atoms with E-state index in [1.54, 1.807) is 37.3 Å². The molecule has 0 bridgehead atoms. The zero-order chi connectivity index (χ0) is 22.8. The second-order valence-electron chi connectivity index (χ2n) is 7.16. The van der Waals surface area contributed by atoms with Crippen LogP contribution in [0.4, 0.5) is 0 Å². The summed E-state index contributed by atoms with van der Waals surface area (Å²) in [5.41, 5.74) is 3.53. The second kappa shape index (κ2) is 8.88. The molecule has 8 nitrogen and oxygen atoms in total. The topological polar surface area (TPSA) is 87.5 Å². The predicted molar refractivity (Wildman–Crippen MR) is 124 cm³/mol. The van der Waals surface area contributed by atoms with Crippen molar-refractivity contribution in [1.29, 1.82) is 0 Å². The van der Waals surface area contributed by atoms with Crippen molar-refractivity contribution in [3.8, 4) is 27.8 Å². The number of hydrogen-bond acceptors (Lipinski definition) is 7. The Bertz CT molecular complexity index is 1260. The lowest BCUT2D eigenvalue weighted by Gasteiger charge is -2.14. The number of aryl methyl sites for hydroxylation is 2. The third kappa shape index (κ3) is 3.87. The van der Waals surface area contributed by atoms with Crippen LogP contribution in [0.25, 0.3) is 21.6 Å². The predicted octanol–water partition coefficient (Wildman–Crippen LogP) is 3.96. The van der Waals surface area contributed by atoms with Crippen molar-refractivity contribution in [3.05, 3.63) is 52.5 Å². The van der Waals surface area contributed by atoms with Gasteiger partial charge in [0.25, 0.3) is 5.91 Å². The Kier molecular flexibility index (Phi) is 6.00. The molecule has 9 heteroatoms. The number of amides is 1. The summed E-state index contributed by atoms with van der Waals surface area (Å²) >= 11 is 1.58. The minimum absolute atomic E-state index is 0.208. The smallest absolute Gasteiger partial charge is 0.252 e. The molecule has 0 radical (unpaired) electrons. The molecule has 0 saturated heterocycles. The van der Waals surface area contributed by atoms with Crippen molar-refractivity contribution >= 4 is 28.3 Å². The summed E-state index contributed by atoms with van der Waals surface area (Å²) in [7, 11) is 6.51. The van der Waals surface area contributed by atoms with Crippen LogP contribution in [0.5, 0.6) is 17.2 Å². The van der Waals surface area contributed by atoms with Gasteiger partial charge in [-0.05, 0) is 42.1 Å². The lowest BCUT2D eigenvalue weighted by Crippen LogP contribution is -2.23. The Labute approximate surface area is 189 Å². The van der Waals surface area contributed by atoms with E-state index in [0.717, 1.165) is 27.2 Å². The number of carbonyl (C=O) groups is 1. The summed E-state index contributed by atoms with van der Waals surface area (Å²) in [5.74, 6) is 1.36. The Morgan fingerprint density at radius 1 is 1.12 bits per heavy atom. The van der Waals surface area contributed by atoms with E-state index in [-0.39, 0.29) is 12.5 Å². The molecule has 4 rings (SSSR count). The lowest BCUT2D eigenvalue weighted by molar-refractivity contribution is 0.0952. The number of hydrogen-bond donors (Lipinski definition) is 1. The molecule has 0 spiro atoms. The zero-order valence-corrected chi connectivity index (χ0v) is 19.4. The van der Waals surface area contributed by atoms with E-state index in [2.05, 4.69) is 10.4 Å². The van der Waals surface area contributed by atoms with Gasteiger partial charge in [-0.15, -0.1) is 11.3 Å². The first kappa shape index (κ1) is 21.6. The summed E-state index contributed by atoms with van der Waals surface area (Å²) < 4.78 is 17.9. The molecule has 1 amide bonds. The maximum absolute atomic E-state index is 13.3. The Morgan fingerprint density at radius 3 is 2.44 bits per heavy atom. The van der Waals surface area contributed by atoms with Crippen molar-refractivity contribution in [2.75, 3.05) is 21.3 Å². The van der Waals surface area contributed by atoms with Gasteiger partial charge in [0.05, 0.1) is 48.5 Å². The first-order chi connectivity index (χ1) is 15.5. The molecule has 1 N–H and O–H groups in total. The van der Waals surface area contributed by atoms with Crippen molar-refractivity contribution < 1.29 is 19.0 Å². The van der Waals surface area contributed by atoms with Crippen LogP contribution < -0.4 is 19.5 Å².